The van der Waals surface area contributed by atoms with Crippen molar-refractivity contribution in [2.24, 2.45) is 7.05 Å². The van der Waals surface area contributed by atoms with Gasteiger partial charge in [-0.3, -0.25) is 4.79 Å². The zero-order valence-electron chi connectivity index (χ0n) is 7.58. The number of hydrogen-bond acceptors (Lipinski definition) is 4. The number of nitrogens with zero attached hydrogens (tertiary/aromatic N) is 4. The monoisotopic (exact) mass is 188 g/mol. The molecule has 2 aromatic heterocycles. The van der Waals surface area contributed by atoms with Gasteiger partial charge in [-0.2, -0.15) is 0 Å². The third-order valence-electron chi connectivity index (χ3n) is 1.85. The van der Waals surface area contributed by atoms with Crippen LogP contribution in [0.25, 0.3) is 0 Å². The molecular formula is C9H8N4O. The summed E-state index contributed by atoms with van der Waals surface area (Å²) in [5, 5.41) is 0. The minimum absolute atomic E-state index is 0.168. The summed E-state index contributed by atoms with van der Waals surface area (Å²) in [7, 11) is 1.77. The highest BCUT2D eigenvalue weighted by atomic mass is 16.1. The summed E-state index contributed by atoms with van der Waals surface area (Å²) < 4.78 is 1.66. The van der Waals surface area contributed by atoms with E-state index in [-0.39, 0.29) is 5.78 Å². The lowest BCUT2D eigenvalue weighted by atomic mass is 10.2. The summed E-state index contributed by atoms with van der Waals surface area (Å²) in [6, 6.07) is 0. The smallest absolute Gasteiger partial charge is 0.231 e. The second kappa shape index (κ2) is 3.37. The van der Waals surface area contributed by atoms with Gasteiger partial charge in [0.2, 0.25) is 5.78 Å². The van der Waals surface area contributed by atoms with Crippen LogP contribution in [-0.2, 0) is 7.05 Å². The maximum atomic E-state index is 11.8. The molecule has 0 saturated carbocycles. The van der Waals surface area contributed by atoms with E-state index in [0.29, 0.717) is 11.4 Å². The van der Waals surface area contributed by atoms with E-state index in [4.69, 9.17) is 0 Å². The minimum Gasteiger partial charge on any atom is -0.331 e. The number of ketones is 1. The van der Waals surface area contributed by atoms with Crippen molar-refractivity contribution < 1.29 is 4.79 Å². The molecule has 0 aromatic carbocycles. The first-order chi connectivity index (χ1) is 6.79. The summed E-state index contributed by atoms with van der Waals surface area (Å²) in [5.74, 6) is 0.220. The van der Waals surface area contributed by atoms with Crippen LogP contribution in [0, 0.1) is 0 Å². The van der Waals surface area contributed by atoms with Crippen molar-refractivity contribution in [1.29, 1.82) is 0 Å². The number of rotatable bonds is 2. The average Bonchev–Trinajstić information content (AvgIpc) is 2.65. The van der Waals surface area contributed by atoms with Crippen LogP contribution in [0.4, 0.5) is 0 Å². The SMILES string of the molecule is Cn1ccnc1C(=O)c1cncnc1. The highest BCUT2D eigenvalue weighted by molar-refractivity contribution is 6.06. The van der Waals surface area contributed by atoms with Crippen LogP contribution >= 0.6 is 0 Å². The first-order valence-corrected chi connectivity index (χ1v) is 4.06. The molecule has 5 heteroatoms. The van der Waals surface area contributed by atoms with Crippen LogP contribution < -0.4 is 0 Å². The van der Waals surface area contributed by atoms with E-state index in [0.717, 1.165) is 0 Å². The fourth-order valence-corrected chi connectivity index (χ4v) is 1.13. The minimum atomic E-state index is -0.168. The maximum Gasteiger partial charge on any atom is 0.231 e. The second-order valence-corrected chi connectivity index (χ2v) is 2.82. The Morgan fingerprint density at radius 2 is 2.07 bits per heavy atom. The van der Waals surface area contributed by atoms with Crippen LogP contribution in [0.2, 0.25) is 0 Å². The molecule has 0 aliphatic heterocycles. The van der Waals surface area contributed by atoms with Crippen LogP contribution in [-0.4, -0.2) is 25.3 Å². The first-order valence-electron chi connectivity index (χ1n) is 4.06. The van der Waals surface area contributed by atoms with Crippen molar-refractivity contribution in [1.82, 2.24) is 19.5 Å². The zero-order valence-corrected chi connectivity index (χ0v) is 7.58. The molecule has 0 saturated heterocycles. The van der Waals surface area contributed by atoms with Gasteiger partial charge in [-0.1, -0.05) is 0 Å². The van der Waals surface area contributed by atoms with Gasteiger partial charge in [0.15, 0.2) is 5.82 Å². The third kappa shape index (κ3) is 1.39. The van der Waals surface area contributed by atoms with Gasteiger partial charge < -0.3 is 4.57 Å². The number of hydrogen-bond donors (Lipinski definition) is 0. The quantitative estimate of drug-likeness (QED) is 0.641. The summed E-state index contributed by atoms with van der Waals surface area (Å²) in [6.07, 6.45) is 7.64. The summed E-state index contributed by atoms with van der Waals surface area (Å²) in [6.45, 7) is 0. The Bertz CT molecular complexity index is 449. The Balaban J connectivity index is 2.39. The molecule has 0 aliphatic carbocycles. The lowest BCUT2D eigenvalue weighted by molar-refractivity contribution is 0.102. The number of aromatic nitrogens is 4. The zero-order chi connectivity index (χ0) is 9.97. The van der Waals surface area contributed by atoms with E-state index < -0.39 is 0 Å². The molecule has 0 aliphatic rings. The molecule has 0 fully saturated rings. The molecule has 2 aromatic rings. The van der Waals surface area contributed by atoms with Crippen LogP contribution in [0.3, 0.4) is 0 Å². The summed E-state index contributed by atoms with van der Waals surface area (Å²) in [5.41, 5.74) is 0.446. The lowest BCUT2D eigenvalue weighted by Crippen LogP contribution is -2.09. The second-order valence-electron chi connectivity index (χ2n) is 2.82. The van der Waals surface area contributed by atoms with E-state index in [1.54, 1.807) is 24.0 Å². The van der Waals surface area contributed by atoms with Crippen LogP contribution in [0.1, 0.15) is 16.2 Å². The normalized spacial score (nSPS) is 10.1. The van der Waals surface area contributed by atoms with Crippen molar-refractivity contribution in [2.45, 2.75) is 0 Å². The molecule has 5 nitrogen and oxygen atoms in total. The van der Waals surface area contributed by atoms with Crippen molar-refractivity contribution in [2.75, 3.05) is 0 Å². The highest BCUT2D eigenvalue weighted by Gasteiger charge is 2.13. The van der Waals surface area contributed by atoms with E-state index in [9.17, 15) is 4.79 Å². The Kier molecular flexibility index (Phi) is 2.06. The van der Waals surface area contributed by atoms with E-state index in [1.165, 1.54) is 18.7 Å². The highest BCUT2D eigenvalue weighted by Crippen LogP contribution is 2.04. The Morgan fingerprint density at radius 3 is 2.64 bits per heavy atom. The maximum absolute atomic E-state index is 11.8. The molecule has 0 bridgehead atoms. The lowest BCUT2D eigenvalue weighted by Gasteiger charge is -1.99. The van der Waals surface area contributed by atoms with Crippen molar-refractivity contribution in [3.63, 3.8) is 0 Å². The molecule has 2 heterocycles. The molecule has 70 valence electrons. The standard InChI is InChI=1S/C9H8N4O/c1-13-3-2-12-9(13)8(14)7-4-10-6-11-5-7/h2-6H,1H3. The molecule has 0 radical (unpaired) electrons. The predicted octanol–water partition coefficient (Wildman–Crippen LogP) is 0.441. The van der Waals surface area contributed by atoms with Gasteiger partial charge in [-0.25, -0.2) is 15.0 Å². The van der Waals surface area contributed by atoms with Gasteiger partial charge in [0.1, 0.15) is 6.33 Å². The molecule has 0 spiro atoms. The molecule has 14 heavy (non-hydrogen) atoms. The van der Waals surface area contributed by atoms with Gasteiger partial charge in [0, 0.05) is 31.8 Å². The Labute approximate surface area is 80.5 Å². The van der Waals surface area contributed by atoms with Crippen molar-refractivity contribution >= 4 is 5.78 Å². The van der Waals surface area contributed by atoms with Gasteiger partial charge in [0.25, 0.3) is 0 Å². The van der Waals surface area contributed by atoms with Gasteiger partial charge >= 0.3 is 0 Å². The molecular weight excluding hydrogens is 180 g/mol. The van der Waals surface area contributed by atoms with Crippen LogP contribution in [0.5, 0.6) is 0 Å². The first kappa shape index (κ1) is 8.55. The van der Waals surface area contributed by atoms with Crippen molar-refractivity contribution in [3.05, 3.63) is 42.5 Å². The number of carbonyl (C=O) groups excluding carboxylic acids is 1. The van der Waals surface area contributed by atoms with Gasteiger partial charge in [-0.15, -0.1) is 0 Å². The topological polar surface area (TPSA) is 60.7 Å². The van der Waals surface area contributed by atoms with Gasteiger partial charge in [-0.05, 0) is 0 Å². The molecule has 2 rings (SSSR count). The summed E-state index contributed by atoms with van der Waals surface area (Å²) >= 11 is 0. The van der Waals surface area contributed by atoms with E-state index in [2.05, 4.69) is 15.0 Å². The van der Waals surface area contributed by atoms with E-state index >= 15 is 0 Å². The van der Waals surface area contributed by atoms with Crippen molar-refractivity contribution in [3.8, 4) is 0 Å². The van der Waals surface area contributed by atoms with Gasteiger partial charge in [0.05, 0.1) is 5.56 Å². The number of aryl methyl sites for hydroxylation is 1. The molecule has 0 amide bonds. The molecule has 0 atom stereocenters. The molecule has 0 N–H and O–H groups in total. The Hall–Kier alpha value is -2.04. The van der Waals surface area contributed by atoms with E-state index in [1.807, 2.05) is 0 Å². The largest absolute Gasteiger partial charge is 0.331 e. The predicted molar refractivity (Wildman–Crippen MR) is 48.7 cm³/mol. The number of imidazole rings is 1. The molecule has 0 unspecified atom stereocenters. The third-order valence-corrected chi connectivity index (χ3v) is 1.85. The van der Waals surface area contributed by atoms with Crippen LogP contribution in [0.15, 0.2) is 31.1 Å². The average molecular weight is 188 g/mol. The summed E-state index contributed by atoms with van der Waals surface area (Å²) in [4.78, 5) is 23.3. The Morgan fingerprint density at radius 1 is 1.36 bits per heavy atom. The number of carbonyl (C=O) groups is 1. The fraction of sp³-hybridized carbons (Fsp3) is 0.111. The fourth-order valence-electron chi connectivity index (χ4n) is 1.13.